The maximum atomic E-state index is 10.5. The van der Waals surface area contributed by atoms with Gasteiger partial charge in [0.2, 0.25) is 5.95 Å². The highest BCUT2D eigenvalue weighted by Gasteiger charge is 2.18. The quantitative estimate of drug-likeness (QED) is 0.827. The topological polar surface area (TPSA) is 75.1 Å². The van der Waals surface area contributed by atoms with E-state index in [1.807, 2.05) is 18.3 Å². The van der Waals surface area contributed by atoms with Crippen molar-refractivity contribution in [3.05, 3.63) is 36.0 Å². The number of fused-ring (bicyclic) bond motifs is 3. The van der Waals surface area contributed by atoms with E-state index in [0.29, 0.717) is 18.9 Å². The van der Waals surface area contributed by atoms with E-state index in [1.54, 1.807) is 11.8 Å². The number of hydrogen-bond acceptors (Lipinski definition) is 5. The Balaban J connectivity index is 1.77. The largest absolute Gasteiger partial charge is 0.481 e. The van der Waals surface area contributed by atoms with E-state index in [-0.39, 0.29) is 6.42 Å². The number of aliphatic carboxylic acids is 1. The lowest BCUT2D eigenvalue weighted by atomic mass is 10.1. The summed E-state index contributed by atoms with van der Waals surface area (Å²) in [4.78, 5) is 20.6. The predicted molar refractivity (Wildman–Crippen MR) is 82.4 cm³/mol. The van der Waals surface area contributed by atoms with Gasteiger partial charge in [0, 0.05) is 40.9 Å². The van der Waals surface area contributed by atoms with Gasteiger partial charge in [0.15, 0.2) is 0 Å². The first-order valence-electron chi connectivity index (χ1n) is 6.78. The van der Waals surface area contributed by atoms with E-state index in [4.69, 9.17) is 5.11 Å². The Morgan fingerprint density at radius 1 is 1.38 bits per heavy atom. The van der Waals surface area contributed by atoms with Gasteiger partial charge >= 0.3 is 5.97 Å². The number of aromatic nitrogens is 2. The number of anilines is 1. The Kier molecular flexibility index (Phi) is 4.06. The third-order valence-corrected chi connectivity index (χ3v) is 4.36. The van der Waals surface area contributed by atoms with Gasteiger partial charge in [-0.3, -0.25) is 4.79 Å². The molecular weight excluding hydrogens is 286 g/mol. The summed E-state index contributed by atoms with van der Waals surface area (Å²) in [6, 6.07) is 8.21. The lowest BCUT2D eigenvalue weighted by molar-refractivity contribution is -0.137. The summed E-state index contributed by atoms with van der Waals surface area (Å²) in [5.41, 5.74) is 3.25. The summed E-state index contributed by atoms with van der Waals surface area (Å²) in [6.45, 7) is 0.557. The van der Waals surface area contributed by atoms with Crippen LogP contribution in [0.5, 0.6) is 0 Å². The summed E-state index contributed by atoms with van der Waals surface area (Å²) in [6.07, 6.45) is 2.56. The smallest absolute Gasteiger partial charge is 0.303 e. The van der Waals surface area contributed by atoms with E-state index in [0.717, 1.165) is 22.6 Å². The molecule has 1 aliphatic heterocycles. The van der Waals surface area contributed by atoms with Gasteiger partial charge in [-0.2, -0.15) is 0 Å². The fraction of sp³-hybridized carbons (Fsp3) is 0.267. The molecule has 1 aromatic carbocycles. The van der Waals surface area contributed by atoms with Crippen LogP contribution in [-0.2, 0) is 10.5 Å². The third-order valence-electron chi connectivity index (χ3n) is 3.24. The van der Waals surface area contributed by atoms with E-state index in [2.05, 4.69) is 27.4 Å². The molecule has 0 saturated heterocycles. The molecule has 0 bridgehead atoms. The first-order chi connectivity index (χ1) is 10.2. The minimum atomic E-state index is -0.783. The Bertz CT molecular complexity index is 676. The van der Waals surface area contributed by atoms with Crippen LogP contribution in [-0.4, -0.2) is 27.6 Å². The van der Waals surface area contributed by atoms with Gasteiger partial charge in [-0.05, 0) is 12.5 Å². The maximum absolute atomic E-state index is 10.5. The zero-order valence-corrected chi connectivity index (χ0v) is 12.2. The molecule has 2 aromatic rings. The number of nitrogens with zero attached hydrogens (tertiary/aromatic N) is 2. The molecule has 108 valence electrons. The van der Waals surface area contributed by atoms with Gasteiger partial charge in [0.05, 0.1) is 5.69 Å². The molecule has 21 heavy (non-hydrogen) atoms. The molecule has 0 unspecified atom stereocenters. The second-order valence-corrected chi connectivity index (χ2v) is 5.79. The van der Waals surface area contributed by atoms with Crippen molar-refractivity contribution in [3.63, 3.8) is 0 Å². The molecule has 0 fully saturated rings. The fourth-order valence-corrected chi connectivity index (χ4v) is 3.23. The SMILES string of the molecule is O=C(O)CCCNc1ncc2c(n1)-c1ccccc1SC2. The Morgan fingerprint density at radius 3 is 3.10 bits per heavy atom. The minimum absolute atomic E-state index is 0.150. The fourth-order valence-electron chi connectivity index (χ4n) is 2.21. The summed E-state index contributed by atoms with van der Waals surface area (Å²) in [5, 5.41) is 11.7. The summed E-state index contributed by atoms with van der Waals surface area (Å²) in [7, 11) is 0. The van der Waals surface area contributed by atoms with Crippen molar-refractivity contribution in [1.29, 1.82) is 0 Å². The molecule has 2 N–H and O–H groups in total. The summed E-state index contributed by atoms with van der Waals surface area (Å²) in [5.74, 6) is 0.654. The van der Waals surface area contributed by atoms with E-state index >= 15 is 0 Å². The van der Waals surface area contributed by atoms with Crippen LogP contribution in [0.1, 0.15) is 18.4 Å². The highest BCUT2D eigenvalue weighted by atomic mass is 32.2. The number of hydrogen-bond donors (Lipinski definition) is 2. The third kappa shape index (κ3) is 3.16. The normalized spacial score (nSPS) is 12.4. The first kappa shape index (κ1) is 13.9. The highest BCUT2D eigenvalue weighted by molar-refractivity contribution is 7.98. The number of carboxylic acid groups (broad SMARTS) is 1. The molecule has 6 heteroatoms. The molecule has 0 aliphatic carbocycles. The van der Waals surface area contributed by atoms with Gasteiger partial charge in [-0.1, -0.05) is 18.2 Å². The van der Waals surface area contributed by atoms with Crippen LogP contribution in [0, 0.1) is 0 Å². The van der Waals surface area contributed by atoms with Crippen LogP contribution in [0.15, 0.2) is 35.4 Å². The van der Waals surface area contributed by atoms with Gasteiger partial charge in [-0.25, -0.2) is 9.97 Å². The van der Waals surface area contributed by atoms with Gasteiger partial charge < -0.3 is 10.4 Å². The van der Waals surface area contributed by atoms with Crippen LogP contribution in [0.4, 0.5) is 5.95 Å². The van der Waals surface area contributed by atoms with Crippen LogP contribution in [0.25, 0.3) is 11.3 Å². The van der Waals surface area contributed by atoms with E-state index in [9.17, 15) is 4.79 Å². The monoisotopic (exact) mass is 301 g/mol. The maximum Gasteiger partial charge on any atom is 0.303 e. The number of carboxylic acids is 1. The second kappa shape index (κ2) is 6.13. The van der Waals surface area contributed by atoms with Crippen molar-refractivity contribution in [2.75, 3.05) is 11.9 Å². The zero-order valence-electron chi connectivity index (χ0n) is 11.4. The number of benzene rings is 1. The number of nitrogens with one attached hydrogen (secondary N) is 1. The average molecular weight is 301 g/mol. The van der Waals surface area contributed by atoms with Crippen LogP contribution in [0.2, 0.25) is 0 Å². The van der Waals surface area contributed by atoms with Crippen LogP contribution < -0.4 is 5.32 Å². The first-order valence-corrected chi connectivity index (χ1v) is 7.76. The standard InChI is InChI=1S/C15H15N3O2S/c19-13(20)6-3-7-16-15-17-8-10-9-21-12-5-2-1-4-11(12)14(10)18-15/h1-2,4-5,8H,3,6-7,9H2,(H,19,20)(H,16,17,18). The number of rotatable bonds is 5. The van der Waals surface area contributed by atoms with Crippen molar-refractivity contribution < 1.29 is 9.90 Å². The van der Waals surface area contributed by atoms with Crippen molar-refractivity contribution >= 4 is 23.7 Å². The molecule has 0 saturated carbocycles. The van der Waals surface area contributed by atoms with Gasteiger partial charge in [0.25, 0.3) is 0 Å². The van der Waals surface area contributed by atoms with Crippen molar-refractivity contribution in [1.82, 2.24) is 9.97 Å². The molecular formula is C15H15N3O2S. The van der Waals surface area contributed by atoms with Crippen LogP contribution in [0.3, 0.4) is 0 Å². The molecule has 2 heterocycles. The van der Waals surface area contributed by atoms with Crippen molar-refractivity contribution in [2.45, 2.75) is 23.5 Å². The molecule has 0 amide bonds. The lowest BCUT2D eigenvalue weighted by Gasteiger charge is -2.18. The van der Waals surface area contributed by atoms with E-state index < -0.39 is 5.97 Å². The number of carbonyl (C=O) groups is 1. The molecule has 1 aliphatic rings. The Morgan fingerprint density at radius 2 is 2.24 bits per heavy atom. The zero-order chi connectivity index (χ0) is 14.7. The molecule has 1 aromatic heterocycles. The Labute approximate surface area is 126 Å². The molecule has 0 atom stereocenters. The van der Waals surface area contributed by atoms with Crippen LogP contribution >= 0.6 is 11.8 Å². The molecule has 0 radical (unpaired) electrons. The number of thioether (sulfide) groups is 1. The minimum Gasteiger partial charge on any atom is -0.481 e. The van der Waals surface area contributed by atoms with E-state index in [1.165, 1.54) is 4.90 Å². The average Bonchev–Trinajstić information content (AvgIpc) is 2.51. The van der Waals surface area contributed by atoms with Crippen molar-refractivity contribution in [2.24, 2.45) is 0 Å². The summed E-state index contributed by atoms with van der Waals surface area (Å²) >= 11 is 1.80. The predicted octanol–water partition coefficient (Wildman–Crippen LogP) is 3.03. The van der Waals surface area contributed by atoms with Crippen molar-refractivity contribution in [3.8, 4) is 11.3 Å². The highest BCUT2D eigenvalue weighted by Crippen LogP contribution is 2.40. The Hall–Kier alpha value is -2.08. The van der Waals surface area contributed by atoms with Gasteiger partial charge in [-0.15, -0.1) is 11.8 Å². The summed E-state index contributed by atoms with van der Waals surface area (Å²) < 4.78 is 0. The second-order valence-electron chi connectivity index (χ2n) is 4.78. The molecule has 5 nitrogen and oxygen atoms in total. The molecule has 3 rings (SSSR count). The lowest BCUT2D eigenvalue weighted by Crippen LogP contribution is -2.09. The van der Waals surface area contributed by atoms with Gasteiger partial charge in [0.1, 0.15) is 0 Å². The molecule has 0 spiro atoms.